The Morgan fingerprint density at radius 3 is 2.86 bits per heavy atom. The fraction of sp³-hybridized carbons (Fsp3) is 0.200. The number of amides is 1. The second-order valence-electron chi connectivity index (χ2n) is 6.51. The van der Waals surface area contributed by atoms with Gasteiger partial charge in [0.05, 0.1) is 17.4 Å². The molecule has 0 spiro atoms. The number of thiazole rings is 1. The van der Waals surface area contributed by atoms with E-state index in [-0.39, 0.29) is 5.91 Å². The number of nitrogens with two attached hydrogens (primary N) is 1. The van der Waals surface area contributed by atoms with Gasteiger partial charge < -0.3 is 10.5 Å². The van der Waals surface area contributed by atoms with E-state index in [0.29, 0.717) is 21.7 Å². The van der Waals surface area contributed by atoms with Gasteiger partial charge in [-0.2, -0.15) is 0 Å². The molecule has 0 atom stereocenters. The normalized spacial score (nSPS) is 11.0. The maximum Gasteiger partial charge on any atom is 0.267 e. The summed E-state index contributed by atoms with van der Waals surface area (Å²) in [6, 6.07) is 7.90. The van der Waals surface area contributed by atoms with Gasteiger partial charge in [-0.15, -0.1) is 22.7 Å². The first-order valence-electron chi connectivity index (χ1n) is 8.87. The van der Waals surface area contributed by atoms with Crippen LogP contribution in [0.15, 0.2) is 30.5 Å². The Balaban J connectivity index is 1.53. The van der Waals surface area contributed by atoms with Crippen LogP contribution in [0.1, 0.15) is 31.5 Å². The third-order valence-corrected chi connectivity index (χ3v) is 6.52. The SMILES string of the molecule is COc1cccc(Cc2cnc(NC(=O)c3sc4nc(C)nc(N)c4c3C)s2)c1. The van der Waals surface area contributed by atoms with Crippen LogP contribution in [0.4, 0.5) is 10.9 Å². The number of ether oxygens (including phenoxy) is 1. The fourth-order valence-electron chi connectivity index (χ4n) is 3.08. The van der Waals surface area contributed by atoms with Crippen molar-refractivity contribution in [3.63, 3.8) is 0 Å². The summed E-state index contributed by atoms with van der Waals surface area (Å²) in [5, 5.41) is 4.18. The van der Waals surface area contributed by atoms with Crippen molar-refractivity contribution < 1.29 is 9.53 Å². The van der Waals surface area contributed by atoms with Crippen molar-refractivity contribution in [3.05, 3.63) is 57.2 Å². The summed E-state index contributed by atoms with van der Waals surface area (Å²) in [6.07, 6.45) is 2.50. The molecule has 3 heterocycles. The molecule has 0 aliphatic carbocycles. The quantitative estimate of drug-likeness (QED) is 0.497. The van der Waals surface area contributed by atoms with E-state index in [1.165, 1.54) is 22.7 Å². The maximum absolute atomic E-state index is 12.8. The number of hydrogen-bond acceptors (Lipinski definition) is 8. The predicted molar refractivity (Wildman–Crippen MR) is 117 cm³/mol. The molecule has 1 aromatic carbocycles. The number of fused-ring (bicyclic) bond motifs is 1. The lowest BCUT2D eigenvalue weighted by molar-refractivity contribution is 0.103. The molecule has 0 fully saturated rings. The molecule has 9 heteroatoms. The highest BCUT2D eigenvalue weighted by atomic mass is 32.1. The largest absolute Gasteiger partial charge is 0.497 e. The van der Waals surface area contributed by atoms with E-state index in [0.717, 1.165) is 38.4 Å². The van der Waals surface area contributed by atoms with Crippen LogP contribution in [0.25, 0.3) is 10.2 Å². The van der Waals surface area contributed by atoms with E-state index in [1.807, 2.05) is 31.2 Å². The van der Waals surface area contributed by atoms with Crippen LogP contribution in [0.3, 0.4) is 0 Å². The minimum Gasteiger partial charge on any atom is -0.497 e. The minimum absolute atomic E-state index is 0.218. The number of nitrogen functional groups attached to an aromatic ring is 1. The van der Waals surface area contributed by atoms with Gasteiger partial charge in [0.15, 0.2) is 5.13 Å². The van der Waals surface area contributed by atoms with E-state index < -0.39 is 0 Å². The van der Waals surface area contributed by atoms with Gasteiger partial charge in [0.2, 0.25) is 0 Å². The van der Waals surface area contributed by atoms with Crippen molar-refractivity contribution >= 4 is 49.7 Å². The summed E-state index contributed by atoms with van der Waals surface area (Å²) in [4.78, 5) is 28.1. The standard InChI is InChI=1S/C20H19N5O2S2/c1-10-15-17(21)23-11(2)24-19(15)29-16(10)18(26)25-20-22-9-14(28-20)8-12-5-4-6-13(7-12)27-3/h4-7,9H,8H2,1-3H3,(H2,21,23,24)(H,22,25,26). The Labute approximate surface area is 175 Å². The molecule has 0 aliphatic heterocycles. The number of thiophene rings is 1. The molecule has 7 nitrogen and oxygen atoms in total. The van der Waals surface area contributed by atoms with Gasteiger partial charge in [-0.25, -0.2) is 15.0 Å². The topological polar surface area (TPSA) is 103 Å². The van der Waals surface area contributed by atoms with E-state index >= 15 is 0 Å². The summed E-state index contributed by atoms with van der Waals surface area (Å²) in [7, 11) is 1.65. The number of carbonyl (C=O) groups is 1. The smallest absolute Gasteiger partial charge is 0.267 e. The van der Waals surface area contributed by atoms with Crippen LogP contribution >= 0.6 is 22.7 Å². The van der Waals surface area contributed by atoms with Gasteiger partial charge in [0.1, 0.15) is 22.2 Å². The zero-order valence-corrected chi connectivity index (χ0v) is 17.8. The molecule has 4 rings (SSSR count). The zero-order valence-electron chi connectivity index (χ0n) is 16.1. The van der Waals surface area contributed by atoms with Crippen molar-refractivity contribution in [2.45, 2.75) is 20.3 Å². The Kier molecular flexibility index (Phi) is 5.16. The van der Waals surface area contributed by atoms with Crippen LogP contribution in [0, 0.1) is 13.8 Å². The Morgan fingerprint density at radius 2 is 2.07 bits per heavy atom. The third kappa shape index (κ3) is 3.92. The van der Waals surface area contributed by atoms with Crippen molar-refractivity contribution in [3.8, 4) is 5.75 Å². The molecule has 0 bridgehead atoms. The van der Waals surface area contributed by atoms with Crippen LogP contribution in [0.2, 0.25) is 0 Å². The molecular formula is C20H19N5O2S2. The molecule has 3 N–H and O–H groups in total. The number of anilines is 2. The highest BCUT2D eigenvalue weighted by Gasteiger charge is 2.20. The van der Waals surface area contributed by atoms with Crippen LogP contribution < -0.4 is 15.8 Å². The van der Waals surface area contributed by atoms with Crippen LogP contribution in [0.5, 0.6) is 5.75 Å². The van der Waals surface area contributed by atoms with Gasteiger partial charge in [-0.1, -0.05) is 12.1 Å². The first-order chi connectivity index (χ1) is 13.9. The predicted octanol–water partition coefficient (Wildman–Crippen LogP) is 4.20. The Bertz CT molecular complexity index is 1220. The number of nitrogens with one attached hydrogen (secondary N) is 1. The molecule has 0 unspecified atom stereocenters. The fourth-order valence-corrected chi connectivity index (χ4v) is 5.05. The number of hydrogen-bond donors (Lipinski definition) is 2. The van der Waals surface area contributed by atoms with E-state index in [4.69, 9.17) is 10.5 Å². The molecule has 3 aromatic heterocycles. The van der Waals surface area contributed by atoms with Crippen LogP contribution in [-0.2, 0) is 6.42 Å². The number of benzene rings is 1. The molecule has 29 heavy (non-hydrogen) atoms. The first-order valence-corrected chi connectivity index (χ1v) is 10.5. The highest BCUT2D eigenvalue weighted by molar-refractivity contribution is 7.21. The molecule has 148 valence electrons. The molecule has 0 radical (unpaired) electrons. The second-order valence-corrected chi connectivity index (χ2v) is 8.62. The van der Waals surface area contributed by atoms with Crippen LogP contribution in [-0.4, -0.2) is 28.0 Å². The lowest BCUT2D eigenvalue weighted by Gasteiger charge is -2.02. The van der Waals surface area contributed by atoms with E-state index in [1.54, 1.807) is 20.2 Å². The first kappa shape index (κ1) is 19.3. The lowest BCUT2D eigenvalue weighted by Crippen LogP contribution is -2.11. The van der Waals surface area contributed by atoms with Crippen molar-refractivity contribution in [1.82, 2.24) is 15.0 Å². The zero-order chi connectivity index (χ0) is 20.5. The summed E-state index contributed by atoms with van der Waals surface area (Å²) in [5.41, 5.74) is 7.93. The number of aryl methyl sites for hydroxylation is 2. The average Bonchev–Trinajstić information content (AvgIpc) is 3.25. The number of rotatable bonds is 5. The summed E-state index contributed by atoms with van der Waals surface area (Å²) in [6.45, 7) is 3.64. The number of carbonyl (C=O) groups excluding carboxylic acids is 1. The summed E-state index contributed by atoms with van der Waals surface area (Å²) >= 11 is 2.76. The van der Waals surface area contributed by atoms with Gasteiger partial charge in [0.25, 0.3) is 5.91 Å². The van der Waals surface area contributed by atoms with Gasteiger partial charge in [-0.3, -0.25) is 10.1 Å². The Morgan fingerprint density at radius 1 is 1.24 bits per heavy atom. The van der Waals surface area contributed by atoms with E-state index in [9.17, 15) is 4.79 Å². The van der Waals surface area contributed by atoms with Crippen molar-refractivity contribution in [2.75, 3.05) is 18.2 Å². The minimum atomic E-state index is -0.218. The number of aromatic nitrogens is 3. The highest BCUT2D eigenvalue weighted by Crippen LogP contribution is 2.33. The molecule has 1 amide bonds. The molecule has 0 aliphatic rings. The lowest BCUT2D eigenvalue weighted by atomic mass is 10.1. The molecule has 0 saturated heterocycles. The monoisotopic (exact) mass is 425 g/mol. The third-order valence-electron chi connectivity index (χ3n) is 4.42. The molecule has 4 aromatic rings. The van der Waals surface area contributed by atoms with Gasteiger partial charge in [-0.05, 0) is 37.1 Å². The van der Waals surface area contributed by atoms with Crippen molar-refractivity contribution in [2.24, 2.45) is 0 Å². The van der Waals surface area contributed by atoms with Gasteiger partial charge in [0, 0.05) is 17.5 Å². The second kappa shape index (κ2) is 7.76. The van der Waals surface area contributed by atoms with E-state index in [2.05, 4.69) is 20.3 Å². The molecule has 0 saturated carbocycles. The maximum atomic E-state index is 12.8. The summed E-state index contributed by atoms with van der Waals surface area (Å²) in [5.74, 6) is 1.59. The number of methoxy groups -OCH3 is 1. The van der Waals surface area contributed by atoms with Gasteiger partial charge >= 0.3 is 0 Å². The number of nitrogens with zero attached hydrogens (tertiary/aromatic N) is 3. The summed E-state index contributed by atoms with van der Waals surface area (Å²) < 4.78 is 5.26. The Hall–Kier alpha value is -3.04. The molecular weight excluding hydrogens is 406 g/mol. The average molecular weight is 426 g/mol. The van der Waals surface area contributed by atoms with Crippen molar-refractivity contribution in [1.29, 1.82) is 0 Å².